The smallest absolute Gasteiger partial charge is 0.280 e. The fourth-order valence-electron chi connectivity index (χ4n) is 4.56. The van der Waals surface area contributed by atoms with Crippen molar-refractivity contribution in [1.29, 1.82) is 0 Å². The molecule has 11 heteroatoms. The van der Waals surface area contributed by atoms with E-state index in [-0.39, 0.29) is 28.2 Å². The Hall–Kier alpha value is -4.83. The average Bonchev–Trinajstić information content (AvgIpc) is 3.22. The third-order valence-corrected chi connectivity index (χ3v) is 6.95. The van der Waals surface area contributed by atoms with Crippen LogP contribution in [0.3, 0.4) is 0 Å². The molecule has 41 heavy (non-hydrogen) atoms. The summed E-state index contributed by atoms with van der Waals surface area (Å²) in [6.07, 6.45) is 8.34. The largest absolute Gasteiger partial charge is 0.384 e. The summed E-state index contributed by atoms with van der Waals surface area (Å²) < 4.78 is 0. The molecular formula is C30H27ClN6O4. The third-order valence-electron chi connectivity index (χ3n) is 6.71. The van der Waals surface area contributed by atoms with Gasteiger partial charge in [0.15, 0.2) is 0 Å². The van der Waals surface area contributed by atoms with Crippen LogP contribution >= 0.6 is 11.6 Å². The number of halogens is 1. The Bertz CT molecular complexity index is 1630. The summed E-state index contributed by atoms with van der Waals surface area (Å²) in [6, 6.07) is 14.8. The summed E-state index contributed by atoms with van der Waals surface area (Å²) >= 11 is 6.06. The molecule has 2 aromatic heterocycles. The van der Waals surface area contributed by atoms with E-state index in [2.05, 4.69) is 26.0 Å². The summed E-state index contributed by atoms with van der Waals surface area (Å²) in [7, 11) is 0. The van der Waals surface area contributed by atoms with Gasteiger partial charge in [0.05, 0.1) is 16.6 Å². The van der Waals surface area contributed by atoms with Crippen LogP contribution in [0.4, 0.5) is 5.69 Å². The van der Waals surface area contributed by atoms with E-state index in [0.29, 0.717) is 16.6 Å². The van der Waals surface area contributed by atoms with Crippen molar-refractivity contribution in [2.24, 2.45) is 0 Å². The number of hydrazine groups is 1. The number of anilines is 1. The zero-order valence-electron chi connectivity index (χ0n) is 22.0. The molecule has 0 radical (unpaired) electrons. The fraction of sp³-hybridized carbons (Fsp3) is 0.200. The highest BCUT2D eigenvalue weighted by Crippen LogP contribution is 2.25. The fourth-order valence-corrected chi connectivity index (χ4v) is 4.73. The Morgan fingerprint density at radius 3 is 2.32 bits per heavy atom. The normalized spacial score (nSPS) is 12.4. The van der Waals surface area contributed by atoms with Crippen molar-refractivity contribution in [3.63, 3.8) is 0 Å². The highest BCUT2D eigenvalue weighted by atomic mass is 35.5. The molecule has 4 amide bonds. The van der Waals surface area contributed by atoms with Gasteiger partial charge in [-0.15, -0.1) is 0 Å². The maximum Gasteiger partial charge on any atom is 0.280 e. The topological polar surface area (TPSA) is 133 Å². The zero-order valence-corrected chi connectivity index (χ0v) is 22.8. The number of hydrogen-bond acceptors (Lipinski definition) is 7. The molecular weight excluding hydrogens is 544 g/mol. The second-order valence-electron chi connectivity index (χ2n) is 9.50. The summed E-state index contributed by atoms with van der Waals surface area (Å²) in [5.41, 5.74) is 4.90. The lowest BCUT2D eigenvalue weighted by molar-refractivity contribution is 0.0518. The van der Waals surface area contributed by atoms with Crippen molar-refractivity contribution in [3.8, 4) is 0 Å². The van der Waals surface area contributed by atoms with Crippen molar-refractivity contribution in [1.82, 2.24) is 25.7 Å². The first-order valence-corrected chi connectivity index (χ1v) is 13.6. The predicted molar refractivity (Wildman–Crippen MR) is 155 cm³/mol. The molecule has 0 atom stereocenters. The predicted octanol–water partition coefficient (Wildman–Crippen LogP) is 4.63. The minimum absolute atomic E-state index is 0.0650. The number of carbonyl (C=O) groups is 4. The number of fused-ring (bicyclic) bond motifs is 2. The van der Waals surface area contributed by atoms with Gasteiger partial charge in [-0.3, -0.25) is 34.6 Å². The quantitative estimate of drug-likeness (QED) is 0.177. The molecule has 4 aromatic rings. The average molecular weight is 571 g/mol. The zero-order chi connectivity index (χ0) is 28.8. The minimum atomic E-state index is -0.695. The molecule has 0 bridgehead atoms. The van der Waals surface area contributed by atoms with Crippen molar-refractivity contribution < 1.29 is 19.2 Å². The van der Waals surface area contributed by atoms with Gasteiger partial charge in [0, 0.05) is 58.9 Å². The molecule has 2 aromatic carbocycles. The molecule has 5 rings (SSSR count). The van der Waals surface area contributed by atoms with E-state index < -0.39 is 17.7 Å². The molecule has 3 N–H and O–H groups in total. The van der Waals surface area contributed by atoms with Gasteiger partial charge in [-0.05, 0) is 67.4 Å². The first-order chi connectivity index (χ1) is 19.9. The van der Waals surface area contributed by atoms with Crippen LogP contribution in [0, 0.1) is 0 Å². The van der Waals surface area contributed by atoms with Crippen molar-refractivity contribution in [3.05, 3.63) is 100 Å². The number of nitrogens with zero attached hydrogens (tertiary/aromatic N) is 3. The van der Waals surface area contributed by atoms with Crippen LogP contribution in [0.1, 0.15) is 67.1 Å². The van der Waals surface area contributed by atoms with Crippen LogP contribution in [0.5, 0.6) is 0 Å². The molecule has 3 heterocycles. The summed E-state index contributed by atoms with van der Waals surface area (Å²) in [5.74, 6) is -2.31. The van der Waals surface area contributed by atoms with Gasteiger partial charge in [-0.1, -0.05) is 24.4 Å². The van der Waals surface area contributed by atoms with Crippen molar-refractivity contribution in [2.45, 2.75) is 25.7 Å². The molecule has 0 unspecified atom stereocenters. The number of carbonyl (C=O) groups excluding carboxylic acids is 4. The van der Waals surface area contributed by atoms with Crippen molar-refractivity contribution >= 4 is 51.8 Å². The van der Waals surface area contributed by atoms with E-state index in [1.54, 1.807) is 6.20 Å². The maximum absolute atomic E-state index is 12.8. The number of rotatable bonds is 11. The van der Waals surface area contributed by atoms with Gasteiger partial charge in [0.2, 0.25) is 0 Å². The second-order valence-corrected chi connectivity index (χ2v) is 9.94. The monoisotopic (exact) mass is 570 g/mol. The van der Waals surface area contributed by atoms with E-state index in [9.17, 15) is 19.2 Å². The maximum atomic E-state index is 12.8. The highest BCUT2D eigenvalue weighted by Gasteiger charge is 2.37. The molecule has 0 spiro atoms. The lowest BCUT2D eigenvalue weighted by Gasteiger charge is -2.14. The Kier molecular flexibility index (Phi) is 8.50. The van der Waals surface area contributed by atoms with E-state index >= 15 is 0 Å². The number of benzene rings is 2. The molecule has 0 saturated carbocycles. The summed E-state index contributed by atoms with van der Waals surface area (Å²) in [4.78, 5) is 58.8. The van der Waals surface area contributed by atoms with E-state index in [1.165, 1.54) is 42.7 Å². The standard InChI is InChI=1S/C30H27ClN6O4/c31-21-6-8-23-25(11-16-34-26(23)18-21)33-12-3-1-2-4-13-35-27(38)20-5-7-22-24(17-20)30(41)37(29(22)40)36-28(39)19-9-14-32-15-10-19/h5-11,14-18H,1-4,12-13H2,(H,33,34)(H,35,38)(H,36,39). The molecule has 208 valence electrons. The van der Waals surface area contributed by atoms with Crippen LogP contribution in [0.15, 0.2) is 73.2 Å². The van der Waals surface area contributed by atoms with Gasteiger partial charge in [-0.2, -0.15) is 5.01 Å². The first-order valence-electron chi connectivity index (χ1n) is 13.2. The SMILES string of the molecule is O=C(NCCCCCCNc1ccnc2cc(Cl)ccc12)c1ccc2c(c1)C(=O)N(NC(=O)c1ccncc1)C2=O. The molecule has 10 nitrogen and oxygen atoms in total. The Morgan fingerprint density at radius 1 is 0.756 bits per heavy atom. The lowest BCUT2D eigenvalue weighted by Crippen LogP contribution is -2.45. The number of pyridine rings is 2. The third kappa shape index (κ3) is 6.33. The van der Waals surface area contributed by atoms with Crippen molar-refractivity contribution in [2.75, 3.05) is 18.4 Å². The number of amides is 4. The van der Waals surface area contributed by atoms with Crippen LogP contribution in [-0.4, -0.2) is 51.7 Å². The number of imide groups is 1. The second kappa shape index (κ2) is 12.6. The summed E-state index contributed by atoms with van der Waals surface area (Å²) in [6.45, 7) is 1.30. The van der Waals surface area contributed by atoms with Gasteiger partial charge in [0.1, 0.15) is 0 Å². The summed E-state index contributed by atoms with van der Waals surface area (Å²) in [5, 5.41) is 8.66. The highest BCUT2D eigenvalue weighted by molar-refractivity contribution is 6.31. The molecule has 0 fully saturated rings. The van der Waals surface area contributed by atoms with Crippen LogP contribution in [0.25, 0.3) is 10.9 Å². The first kappa shape index (κ1) is 27.7. The minimum Gasteiger partial charge on any atom is -0.384 e. The van der Waals surface area contributed by atoms with Crippen LogP contribution < -0.4 is 16.1 Å². The Morgan fingerprint density at radius 2 is 1.51 bits per heavy atom. The molecule has 0 saturated heterocycles. The lowest BCUT2D eigenvalue weighted by atomic mass is 10.1. The van der Waals surface area contributed by atoms with Gasteiger partial charge in [0.25, 0.3) is 23.6 Å². The number of unbranched alkanes of at least 4 members (excludes halogenated alkanes) is 3. The molecule has 1 aliphatic heterocycles. The van der Waals surface area contributed by atoms with E-state index in [4.69, 9.17) is 11.6 Å². The van der Waals surface area contributed by atoms with Gasteiger partial charge >= 0.3 is 0 Å². The van der Waals surface area contributed by atoms with Crippen LogP contribution in [0.2, 0.25) is 5.02 Å². The Balaban J connectivity index is 1.05. The Labute approximate surface area is 241 Å². The number of aromatic nitrogens is 2. The van der Waals surface area contributed by atoms with Gasteiger partial charge in [-0.25, -0.2) is 0 Å². The number of hydrogen-bond donors (Lipinski definition) is 3. The van der Waals surface area contributed by atoms with E-state index in [0.717, 1.165) is 48.8 Å². The number of nitrogens with one attached hydrogen (secondary N) is 3. The van der Waals surface area contributed by atoms with Crippen LogP contribution in [-0.2, 0) is 0 Å². The molecule has 1 aliphatic rings. The van der Waals surface area contributed by atoms with Gasteiger partial charge < -0.3 is 10.6 Å². The molecule has 0 aliphatic carbocycles. The van der Waals surface area contributed by atoms with E-state index in [1.807, 2.05) is 24.3 Å².